The molecule has 0 fully saturated rings. The largest absolute Gasteiger partial charge is 0.361 e. The minimum absolute atomic E-state index is 0.833. The van der Waals surface area contributed by atoms with Gasteiger partial charge in [0.05, 0.1) is 10.6 Å². The monoisotopic (exact) mass is 244 g/mol. The topological polar surface area (TPSA) is 41.1 Å². The van der Waals surface area contributed by atoms with Gasteiger partial charge >= 0.3 is 0 Å². The molecule has 0 saturated heterocycles. The smallest absolute Gasteiger partial charge is 0.167 e. The van der Waals surface area contributed by atoms with Crippen molar-refractivity contribution in [2.24, 2.45) is 0 Å². The summed E-state index contributed by atoms with van der Waals surface area (Å²) in [6.45, 7) is 0. The second-order valence-electron chi connectivity index (χ2n) is 4.03. The van der Waals surface area contributed by atoms with E-state index in [0.717, 1.165) is 22.2 Å². The quantitative estimate of drug-likeness (QED) is 0.713. The van der Waals surface area contributed by atoms with Crippen LogP contribution in [0, 0.1) is 0 Å². The van der Waals surface area contributed by atoms with Crippen molar-refractivity contribution in [3.63, 3.8) is 0 Å². The van der Waals surface area contributed by atoms with Crippen molar-refractivity contribution in [2.45, 2.75) is 9.79 Å². The highest BCUT2D eigenvalue weighted by Crippen LogP contribution is 2.43. The van der Waals surface area contributed by atoms with Gasteiger partial charge in [0.15, 0.2) is 11.6 Å². The second-order valence-corrected chi connectivity index (χ2v) is 5.12. The van der Waals surface area contributed by atoms with E-state index in [0.29, 0.717) is 0 Å². The summed E-state index contributed by atoms with van der Waals surface area (Å²) >= 11 is 1.72. The molecule has 0 aliphatic carbocycles. The maximum absolute atomic E-state index is 4.22. The third-order valence-corrected chi connectivity index (χ3v) is 3.67. The Morgan fingerprint density at radius 2 is 1.94 bits per heavy atom. The fraction of sp³-hybridized carbons (Fsp3) is 0.167. The van der Waals surface area contributed by atoms with Crippen LogP contribution in [0.25, 0.3) is 0 Å². The van der Waals surface area contributed by atoms with Crippen LogP contribution < -0.4 is 10.2 Å². The lowest BCUT2D eigenvalue weighted by Gasteiger charge is -2.20. The number of anilines is 3. The summed E-state index contributed by atoms with van der Waals surface area (Å²) in [7, 11) is 3.93. The van der Waals surface area contributed by atoms with E-state index in [2.05, 4.69) is 27.6 Å². The normalized spacial score (nSPS) is 12.4. The lowest BCUT2D eigenvalue weighted by molar-refractivity contribution is 0.944. The minimum atomic E-state index is 0.833. The summed E-state index contributed by atoms with van der Waals surface area (Å²) in [6, 6.07) is 10.3. The molecular formula is C12H12N4S. The predicted molar refractivity (Wildman–Crippen MR) is 70.2 cm³/mol. The average Bonchev–Trinajstić information content (AvgIpc) is 2.35. The molecule has 1 aromatic carbocycles. The number of rotatable bonds is 1. The zero-order valence-electron chi connectivity index (χ0n) is 9.64. The van der Waals surface area contributed by atoms with Crippen LogP contribution in [0.15, 0.2) is 40.1 Å². The molecule has 0 amide bonds. The van der Waals surface area contributed by atoms with Crippen molar-refractivity contribution in [3.8, 4) is 0 Å². The molecule has 0 bridgehead atoms. The molecular weight excluding hydrogens is 232 g/mol. The second kappa shape index (κ2) is 3.92. The molecule has 2 heterocycles. The van der Waals surface area contributed by atoms with Crippen molar-refractivity contribution >= 4 is 29.1 Å². The van der Waals surface area contributed by atoms with Gasteiger partial charge in [-0.15, -0.1) is 10.2 Å². The van der Waals surface area contributed by atoms with Gasteiger partial charge in [0.1, 0.15) is 0 Å². The lowest BCUT2D eigenvalue weighted by Crippen LogP contribution is -2.13. The molecule has 0 unspecified atom stereocenters. The molecule has 1 aliphatic heterocycles. The first-order chi connectivity index (χ1) is 8.24. The summed E-state index contributed by atoms with van der Waals surface area (Å²) in [5, 5.41) is 11.7. The molecule has 0 atom stereocenters. The number of nitrogens with zero attached hydrogens (tertiary/aromatic N) is 3. The van der Waals surface area contributed by atoms with Crippen LogP contribution >= 0.6 is 11.8 Å². The van der Waals surface area contributed by atoms with Gasteiger partial charge in [0.2, 0.25) is 0 Å². The van der Waals surface area contributed by atoms with Gasteiger partial charge in [-0.3, -0.25) is 0 Å². The van der Waals surface area contributed by atoms with Gasteiger partial charge in [0, 0.05) is 25.1 Å². The van der Waals surface area contributed by atoms with Crippen molar-refractivity contribution in [3.05, 3.63) is 30.3 Å². The average molecular weight is 244 g/mol. The van der Waals surface area contributed by atoms with Crippen LogP contribution in [0.5, 0.6) is 0 Å². The summed E-state index contributed by atoms with van der Waals surface area (Å²) in [4.78, 5) is 4.29. The van der Waals surface area contributed by atoms with Gasteiger partial charge in [-0.2, -0.15) is 0 Å². The third-order valence-electron chi connectivity index (χ3n) is 2.56. The van der Waals surface area contributed by atoms with E-state index in [1.165, 1.54) is 4.90 Å². The number of fused-ring (bicyclic) bond motifs is 2. The van der Waals surface area contributed by atoms with Gasteiger partial charge in [-0.05, 0) is 12.1 Å². The molecule has 0 spiro atoms. The van der Waals surface area contributed by atoms with Crippen molar-refractivity contribution in [1.82, 2.24) is 10.2 Å². The van der Waals surface area contributed by atoms with Crippen molar-refractivity contribution in [2.75, 3.05) is 24.3 Å². The van der Waals surface area contributed by atoms with Crippen molar-refractivity contribution < 1.29 is 0 Å². The van der Waals surface area contributed by atoms with Gasteiger partial charge in [-0.25, -0.2) is 0 Å². The van der Waals surface area contributed by atoms with E-state index in [9.17, 15) is 0 Å². The Balaban J connectivity index is 2.03. The molecule has 1 aliphatic rings. The molecule has 1 N–H and O–H groups in total. The highest BCUT2D eigenvalue weighted by molar-refractivity contribution is 7.99. The highest BCUT2D eigenvalue weighted by atomic mass is 32.2. The number of benzene rings is 1. The van der Waals surface area contributed by atoms with E-state index in [1.807, 2.05) is 37.2 Å². The Morgan fingerprint density at radius 1 is 1.12 bits per heavy atom. The molecule has 3 rings (SSSR count). The van der Waals surface area contributed by atoms with E-state index in [1.54, 1.807) is 11.8 Å². The van der Waals surface area contributed by atoms with Gasteiger partial charge < -0.3 is 10.2 Å². The Morgan fingerprint density at radius 3 is 2.76 bits per heavy atom. The van der Waals surface area contributed by atoms with Crippen molar-refractivity contribution in [1.29, 1.82) is 0 Å². The molecule has 17 heavy (non-hydrogen) atoms. The Hall–Kier alpha value is -1.75. The first-order valence-electron chi connectivity index (χ1n) is 5.33. The standard InChI is InChI=1S/C12H12N4S/c1-16(2)11-7-10-12(15-14-11)13-8-5-3-4-6-9(8)17-10/h3-7H,1-2H3,(H,13,15). The number of hydrogen-bond donors (Lipinski definition) is 1. The number of hydrogen-bond acceptors (Lipinski definition) is 5. The maximum Gasteiger partial charge on any atom is 0.167 e. The molecule has 0 radical (unpaired) electrons. The van der Waals surface area contributed by atoms with Gasteiger partial charge in [0.25, 0.3) is 0 Å². The van der Waals surface area contributed by atoms with Crippen LogP contribution in [0.3, 0.4) is 0 Å². The lowest BCUT2D eigenvalue weighted by atomic mass is 10.3. The van der Waals surface area contributed by atoms with Crippen LogP contribution in [-0.2, 0) is 0 Å². The minimum Gasteiger partial charge on any atom is -0.361 e. The summed E-state index contributed by atoms with van der Waals surface area (Å²) < 4.78 is 0. The zero-order valence-corrected chi connectivity index (χ0v) is 10.5. The molecule has 86 valence electrons. The fourth-order valence-electron chi connectivity index (χ4n) is 1.65. The molecule has 5 heteroatoms. The summed E-state index contributed by atoms with van der Waals surface area (Å²) in [6.07, 6.45) is 0. The van der Waals surface area contributed by atoms with E-state index < -0.39 is 0 Å². The van der Waals surface area contributed by atoms with Gasteiger partial charge in [-0.1, -0.05) is 23.9 Å². The molecule has 4 nitrogen and oxygen atoms in total. The first-order valence-corrected chi connectivity index (χ1v) is 6.14. The SMILES string of the molecule is CN(C)c1cc2c(nn1)Nc1ccccc1S2. The Labute approximate surface area is 104 Å². The summed E-state index contributed by atoms with van der Waals surface area (Å²) in [5.74, 6) is 1.71. The van der Waals surface area contributed by atoms with Crippen LogP contribution in [0.2, 0.25) is 0 Å². The zero-order chi connectivity index (χ0) is 11.8. The predicted octanol–water partition coefficient (Wildman–Crippen LogP) is 2.75. The first kappa shape index (κ1) is 10.4. The Kier molecular flexibility index (Phi) is 2.40. The molecule has 2 aromatic rings. The van der Waals surface area contributed by atoms with E-state index >= 15 is 0 Å². The van der Waals surface area contributed by atoms with Crippen LogP contribution in [-0.4, -0.2) is 24.3 Å². The maximum atomic E-state index is 4.22. The van der Waals surface area contributed by atoms with E-state index in [-0.39, 0.29) is 0 Å². The molecule has 0 saturated carbocycles. The number of para-hydroxylation sites is 1. The summed E-state index contributed by atoms with van der Waals surface area (Å²) in [5.41, 5.74) is 1.09. The molecule has 1 aromatic heterocycles. The highest BCUT2D eigenvalue weighted by Gasteiger charge is 2.17. The van der Waals surface area contributed by atoms with Crippen LogP contribution in [0.1, 0.15) is 0 Å². The fourth-order valence-corrected chi connectivity index (χ4v) is 2.62. The number of aromatic nitrogens is 2. The Bertz CT molecular complexity index is 568. The third kappa shape index (κ3) is 1.82. The van der Waals surface area contributed by atoms with E-state index in [4.69, 9.17) is 0 Å². The van der Waals surface area contributed by atoms with Crippen LogP contribution in [0.4, 0.5) is 17.3 Å². The number of nitrogens with one attached hydrogen (secondary N) is 1.